The van der Waals surface area contributed by atoms with E-state index in [2.05, 4.69) is 10.1 Å². The highest BCUT2D eigenvalue weighted by atomic mass is 32.2. The van der Waals surface area contributed by atoms with Crippen molar-refractivity contribution in [3.05, 3.63) is 0 Å². The Morgan fingerprint density at radius 2 is 2.23 bits per heavy atom. The summed E-state index contributed by atoms with van der Waals surface area (Å²) in [7, 11) is 0.690. The van der Waals surface area contributed by atoms with E-state index in [0.29, 0.717) is 5.75 Å². The Labute approximate surface area is 81.5 Å². The minimum atomic E-state index is -0.787. The lowest BCUT2D eigenvalue weighted by Gasteiger charge is -2.12. The highest BCUT2D eigenvalue weighted by molar-refractivity contribution is 7.84. The zero-order chi connectivity index (χ0) is 10.3. The maximum atomic E-state index is 11.0. The van der Waals surface area contributed by atoms with Gasteiger partial charge in [0.25, 0.3) is 0 Å². The van der Waals surface area contributed by atoms with E-state index in [0.717, 1.165) is 6.42 Å². The Kier molecular flexibility index (Phi) is 6.80. The molecule has 2 atom stereocenters. The molecule has 0 saturated heterocycles. The number of amides is 1. The summed E-state index contributed by atoms with van der Waals surface area (Å²) in [6.45, 7) is 1.97. The first-order chi connectivity index (χ1) is 6.06. The minimum Gasteiger partial charge on any atom is -0.375 e. The van der Waals surface area contributed by atoms with Crippen LogP contribution in [0.2, 0.25) is 0 Å². The third-order valence-corrected chi connectivity index (χ3v) is 2.33. The van der Waals surface area contributed by atoms with Crippen LogP contribution in [0.15, 0.2) is 0 Å². The van der Waals surface area contributed by atoms with Gasteiger partial charge in [0.05, 0.1) is 0 Å². The molecule has 0 aromatic heterocycles. The lowest BCUT2D eigenvalue weighted by atomic mass is 10.2. The Balaban J connectivity index is 3.55. The molecule has 13 heavy (non-hydrogen) atoms. The number of rotatable bonds is 6. The van der Waals surface area contributed by atoms with Crippen molar-refractivity contribution >= 4 is 16.7 Å². The van der Waals surface area contributed by atoms with Gasteiger partial charge in [-0.25, -0.2) is 0 Å². The van der Waals surface area contributed by atoms with Crippen LogP contribution in [0.3, 0.4) is 0 Å². The third kappa shape index (κ3) is 7.93. The molecule has 5 heteroatoms. The normalized spacial score (nSPS) is 15.0. The van der Waals surface area contributed by atoms with Crippen LogP contribution in [0.1, 0.15) is 13.3 Å². The number of ether oxygens (including phenoxy) is 1. The molecular weight excluding hydrogens is 190 g/mol. The quantitative estimate of drug-likeness (QED) is 0.662. The topological polar surface area (TPSA) is 55.4 Å². The standard InChI is InChI=1S/C8H17NO3S/c1-7(4-5-13(3)11)9-8(10)6-12-2/h7H,4-6H2,1-3H3,(H,9,10). The molecule has 0 aliphatic heterocycles. The number of hydrogen-bond donors (Lipinski definition) is 1. The summed E-state index contributed by atoms with van der Waals surface area (Å²) in [6.07, 6.45) is 2.39. The Morgan fingerprint density at radius 3 is 2.69 bits per heavy atom. The molecule has 0 radical (unpaired) electrons. The second-order valence-corrected chi connectivity index (χ2v) is 4.52. The largest absolute Gasteiger partial charge is 0.375 e. The van der Waals surface area contributed by atoms with E-state index >= 15 is 0 Å². The van der Waals surface area contributed by atoms with E-state index in [9.17, 15) is 9.00 Å². The van der Waals surface area contributed by atoms with Crippen molar-refractivity contribution in [1.82, 2.24) is 5.32 Å². The van der Waals surface area contributed by atoms with Gasteiger partial charge in [0.1, 0.15) is 6.61 Å². The predicted molar refractivity (Wildman–Crippen MR) is 53.0 cm³/mol. The van der Waals surface area contributed by atoms with Crippen LogP contribution in [0, 0.1) is 0 Å². The molecule has 0 spiro atoms. The summed E-state index contributed by atoms with van der Waals surface area (Å²) >= 11 is 0. The van der Waals surface area contributed by atoms with Crippen molar-refractivity contribution < 1.29 is 13.7 Å². The van der Waals surface area contributed by atoms with E-state index in [1.165, 1.54) is 7.11 Å². The molecule has 0 aromatic carbocycles. The molecule has 0 aromatic rings. The maximum absolute atomic E-state index is 11.0. The van der Waals surface area contributed by atoms with Crippen molar-refractivity contribution in [2.75, 3.05) is 25.7 Å². The molecule has 0 saturated carbocycles. The number of methoxy groups -OCH3 is 1. The maximum Gasteiger partial charge on any atom is 0.246 e. The summed E-state index contributed by atoms with van der Waals surface area (Å²) < 4.78 is 15.4. The summed E-state index contributed by atoms with van der Waals surface area (Å²) in [6, 6.07) is 0.0616. The zero-order valence-corrected chi connectivity index (χ0v) is 9.15. The van der Waals surface area contributed by atoms with Gasteiger partial charge in [-0.15, -0.1) is 0 Å². The van der Waals surface area contributed by atoms with Gasteiger partial charge in [-0.05, 0) is 13.3 Å². The molecule has 0 aliphatic carbocycles. The molecule has 0 aliphatic rings. The van der Waals surface area contributed by atoms with Gasteiger partial charge in [0.15, 0.2) is 0 Å². The molecule has 0 fully saturated rings. The van der Waals surface area contributed by atoms with E-state index in [4.69, 9.17) is 0 Å². The van der Waals surface area contributed by atoms with Gasteiger partial charge in [0.2, 0.25) is 5.91 Å². The van der Waals surface area contributed by atoms with Gasteiger partial charge >= 0.3 is 0 Å². The lowest BCUT2D eigenvalue weighted by Crippen LogP contribution is -2.35. The first kappa shape index (κ1) is 12.6. The first-order valence-electron chi connectivity index (χ1n) is 4.14. The molecule has 1 N–H and O–H groups in total. The van der Waals surface area contributed by atoms with E-state index in [1.54, 1.807) is 6.26 Å². The zero-order valence-electron chi connectivity index (χ0n) is 8.33. The van der Waals surface area contributed by atoms with Crippen molar-refractivity contribution in [2.24, 2.45) is 0 Å². The molecule has 0 rings (SSSR count). The Hall–Kier alpha value is -0.420. The predicted octanol–water partition coefficient (Wildman–Crippen LogP) is -0.0939. The molecule has 0 bridgehead atoms. The Morgan fingerprint density at radius 1 is 1.62 bits per heavy atom. The van der Waals surface area contributed by atoms with Crippen LogP contribution in [-0.4, -0.2) is 41.9 Å². The van der Waals surface area contributed by atoms with Crippen molar-refractivity contribution in [3.8, 4) is 0 Å². The minimum absolute atomic E-state index is 0.0616. The summed E-state index contributed by atoms with van der Waals surface area (Å²) in [5.74, 6) is 0.492. The first-order valence-corrected chi connectivity index (χ1v) is 5.87. The second-order valence-electron chi connectivity index (χ2n) is 2.97. The third-order valence-electron chi connectivity index (χ3n) is 1.52. The van der Waals surface area contributed by atoms with E-state index < -0.39 is 10.8 Å². The van der Waals surface area contributed by atoms with E-state index in [-0.39, 0.29) is 18.6 Å². The van der Waals surface area contributed by atoms with Crippen molar-refractivity contribution in [3.63, 3.8) is 0 Å². The molecule has 0 heterocycles. The van der Waals surface area contributed by atoms with Gasteiger partial charge in [0, 0.05) is 36.0 Å². The monoisotopic (exact) mass is 207 g/mol. The van der Waals surface area contributed by atoms with Gasteiger partial charge in [-0.3, -0.25) is 9.00 Å². The molecule has 2 unspecified atom stereocenters. The number of hydrogen-bond acceptors (Lipinski definition) is 3. The van der Waals surface area contributed by atoms with Crippen LogP contribution >= 0.6 is 0 Å². The van der Waals surface area contributed by atoms with Crippen LogP contribution in [0.4, 0.5) is 0 Å². The fourth-order valence-electron chi connectivity index (χ4n) is 0.862. The smallest absolute Gasteiger partial charge is 0.246 e. The van der Waals surface area contributed by atoms with Crippen LogP contribution < -0.4 is 5.32 Å². The van der Waals surface area contributed by atoms with Crippen LogP contribution in [-0.2, 0) is 20.3 Å². The molecular formula is C8H17NO3S. The number of carbonyl (C=O) groups is 1. The van der Waals surface area contributed by atoms with Crippen LogP contribution in [0.5, 0.6) is 0 Å². The van der Waals surface area contributed by atoms with Gasteiger partial charge in [-0.1, -0.05) is 0 Å². The molecule has 1 amide bonds. The number of carbonyl (C=O) groups excluding carboxylic acids is 1. The lowest BCUT2D eigenvalue weighted by molar-refractivity contribution is -0.125. The number of nitrogens with one attached hydrogen (secondary N) is 1. The average molecular weight is 207 g/mol. The molecule has 78 valence electrons. The SMILES string of the molecule is COCC(=O)NC(C)CCS(C)=O. The van der Waals surface area contributed by atoms with Gasteiger partial charge < -0.3 is 10.1 Å². The van der Waals surface area contributed by atoms with Crippen LogP contribution in [0.25, 0.3) is 0 Å². The van der Waals surface area contributed by atoms with Crippen molar-refractivity contribution in [2.45, 2.75) is 19.4 Å². The molecule has 4 nitrogen and oxygen atoms in total. The highest BCUT2D eigenvalue weighted by Gasteiger charge is 2.06. The summed E-state index contributed by atoms with van der Waals surface area (Å²) in [5, 5.41) is 2.74. The summed E-state index contributed by atoms with van der Waals surface area (Å²) in [4.78, 5) is 11.0. The van der Waals surface area contributed by atoms with Crippen molar-refractivity contribution in [1.29, 1.82) is 0 Å². The highest BCUT2D eigenvalue weighted by Crippen LogP contribution is 1.92. The fourth-order valence-corrected chi connectivity index (χ4v) is 1.55. The fraction of sp³-hybridized carbons (Fsp3) is 0.875. The summed E-state index contributed by atoms with van der Waals surface area (Å²) in [5.41, 5.74) is 0. The second kappa shape index (κ2) is 7.03. The Bertz CT molecular complexity index is 184. The van der Waals surface area contributed by atoms with Gasteiger partial charge in [-0.2, -0.15) is 0 Å². The average Bonchev–Trinajstić information content (AvgIpc) is 2.01. The van der Waals surface area contributed by atoms with E-state index in [1.807, 2.05) is 6.92 Å².